The molecule has 4 aromatic rings. The van der Waals surface area contributed by atoms with Crippen molar-refractivity contribution in [3.63, 3.8) is 0 Å². The number of benzene rings is 3. The van der Waals surface area contributed by atoms with Crippen LogP contribution in [0.5, 0.6) is 0 Å². The van der Waals surface area contributed by atoms with Crippen molar-refractivity contribution < 1.29 is 13.9 Å². The number of esters is 1. The number of fused-ring (bicyclic) bond motifs is 1. The lowest BCUT2D eigenvalue weighted by Gasteiger charge is -2.15. The van der Waals surface area contributed by atoms with Crippen LogP contribution in [0.3, 0.4) is 0 Å². The maximum absolute atomic E-state index is 13.1. The third kappa shape index (κ3) is 3.65. The molecule has 4 rings (SSSR count). The van der Waals surface area contributed by atoms with Crippen LogP contribution < -0.4 is 5.56 Å². The molecule has 29 heavy (non-hydrogen) atoms. The SMILES string of the molecule is C[C@H](OC(=O)c1nn(-c2ccccc2)c(=O)c2ccccc12)c1ccc(F)cc1. The minimum absolute atomic E-state index is 0.0398. The normalized spacial score (nSPS) is 11.9. The highest BCUT2D eigenvalue weighted by atomic mass is 19.1. The molecule has 6 heteroatoms. The summed E-state index contributed by atoms with van der Waals surface area (Å²) in [6.45, 7) is 1.69. The van der Waals surface area contributed by atoms with E-state index in [1.807, 2.05) is 6.07 Å². The van der Waals surface area contributed by atoms with Gasteiger partial charge in [-0.05, 0) is 42.8 Å². The molecule has 0 unspecified atom stereocenters. The summed E-state index contributed by atoms with van der Waals surface area (Å²) in [4.78, 5) is 25.8. The van der Waals surface area contributed by atoms with Gasteiger partial charge in [0.2, 0.25) is 0 Å². The number of carbonyl (C=O) groups excluding carboxylic acids is 1. The van der Waals surface area contributed by atoms with Crippen LogP contribution in [0.25, 0.3) is 16.5 Å². The quantitative estimate of drug-likeness (QED) is 0.485. The first-order chi connectivity index (χ1) is 14.0. The number of para-hydroxylation sites is 1. The van der Waals surface area contributed by atoms with E-state index in [1.54, 1.807) is 67.6 Å². The van der Waals surface area contributed by atoms with Gasteiger partial charge in [0.15, 0.2) is 5.69 Å². The van der Waals surface area contributed by atoms with Gasteiger partial charge < -0.3 is 4.74 Å². The van der Waals surface area contributed by atoms with Gasteiger partial charge in [-0.3, -0.25) is 4.79 Å². The number of rotatable bonds is 4. The van der Waals surface area contributed by atoms with Crippen LogP contribution in [0.4, 0.5) is 4.39 Å². The highest BCUT2D eigenvalue weighted by molar-refractivity contribution is 6.02. The Labute approximate surface area is 166 Å². The van der Waals surface area contributed by atoms with Crippen LogP contribution in [0.2, 0.25) is 0 Å². The van der Waals surface area contributed by atoms with Gasteiger partial charge in [-0.1, -0.05) is 48.5 Å². The van der Waals surface area contributed by atoms with Gasteiger partial charge >= 0.3 is 5.97 Å². The molecule has 0 saturated carbocycles. The highest BCUT2D eigenvalue weighted by Crippen LogP contribution is 2.21. The molecule has 0 spiro atoms. The molecule has 0 aliphatic carbocycles. The molecule has 0 fully saturated rings. The second kappa shape index (κ2) is 7.67. The maximum atomic E-state index is 13.1. The van der Waals surface area contributed by atoms with Crippen LogP contribution in [0.15, 0.2) is 83.7 Å². The lowest BCUT2D eigenvalue weighted by atomic mass is 10.1. The van der Waals surface area contributed by atoms with Crippen molar-refractivity contribution in [1.29, 1.82) is 0 Å². The number of ether oxygens (including phenoxy) is 1. The van der Waals surface area contributed by atoms with E-state index in [9.17, 15) is 14.0 Å². The zero-order chi connectivity index (χ0) is 20.4. The summed E-state index contributed by atoms with van der Waals surface area (Å²) in [7, 11) is 0. The first kappa shape index (κ1) is 18.6. The van der Waals surface area contributed by atoms with Crippen molar-refractivity contribution in [3.05, 3.63) is 106 Å². The Morgan fingerprint density at radius 2 is 1.55 bits per heavy atom. The summed E-state index contributed by atoms with van der Waals surface area (Å²) in [5.41, 5.74) is 0.914. The molecule has 1 aromatic heterocycles. The van der Waals surface area contributed by atoms with Crippen LogP contribution >= 0.6 is 0 Å². The smallest absolute Gasteiger partial charge is 0.360 e. The second-order valence-electron chi connectivity index (χ2n) is 6.55. The maximum Gasteiger partial charge on any atom is 0.360 e. The molecule has 0 aliphatic heterocycles. The van der Waals surface area contributed by atoms with E-state index in [0.29, 0.717) is 22.0 Å². The predicted octanol–water partition coefficient (Wildman–Crippen LogP) is 4.44. The summed E-state index contributed by atoms with van der Waals surface area (Å²) < 4.78 is 19.9. The molecule has 0 N–H and O–H groups in total. The highest BCUT2D eigenvalue weighted by Gasteiger charge is 2.21. The van der Waals surface area contributed by atoms with Crippen molar-refractivity contribution in [1.82, 2.24) is 9.78 Å². The van der Waals surface area contributed by atoms with Crippen LogP contribution in [0, 0.1) is 5.82 Å². The van der Waals surface area contributed by atoms with Gasteiger partial charge in [-0.15, -0.1) is 0 Å². The molecule has 1 atom stereocenters. The number of carbonyl (C=O) groups is 1. The van der Waals surface area contributed by atoms with Gasteiger partial charge in [0.05, 0.1) is 11.1 Å². The van der Waals surface area contributed by atoms with Gasteiger partial charge in [0.25, 0.3) is 5.56 Å². The van der Waals surface area contributed by atoms with E-state index in [0.717, 1.165) is 0 Å². The van der Waals surface area contributed by atoms with Crippen molar-refractivity contribution in [2.45, 2.75) is 13.0 Å². The van der Waals surface area contributed by atoms with E-state index in [-0.39, 0.29) is 17.1 Å². The molecule has 0 bridgehead atoms. The fourth-order valence-electron chi connectivity index (χ4n) is 3.10. The summed E-state index contributed by atoms with van der Waals surface area (Å²) in [5.74, 6) is -1.03. The Morgan fingerprint density at radius 1 is 0.931 bits per heavy atom. The molecule has 3 aromatic carbocycles. The minimum Gasteiger partial charge on any atom is -0.453 e. The van der Waals surface area contributed by atoms with Gasteiger partial charge in [-0.2, -0.15) is 9.78 Å². The average Bonchev–Trinajstić information content (AvgIpc) is 2.75. The number of hydrogen-bond donors (Lipinski definition) is 0. The summed E-state index contributed by atoms with van der Waals surface area (Å²) in [6, 6.07) is 21.4. The number of nitrogens with zero attached hydrogens (tertiary/aromatic N) is 2. The number of aromatic nitrogens is 2. The summed E-state index contributed by atoms with van der Waals surface area (Å²) in [6.07, 6.45) is -0.610. The molecule has 144 valence electrons. The summed E-state index contributed by atoms with van der Waals surface area (Å²) in [5, 5.41) is 5.09. The molecule has 1 heterocycles. The van der Waals surface area contributed by atoms with Crippen molar-refractivity contribution in [2.24, 2.45) is 0 Å². The molecule has 5 nitrogen and oxygen atoms in total. The lowest BCUT2D eigenvalue weighted by Crippen LogP contribution is -2.25. The standard InChI is InChI=1S/C23H17FN2O3/c1-15(16-11-13-17(24)14-12-16)29-23(28)21-19-9-5-6-10-20(19)22(27)26(25-21)18-7-3-2-4-8-18/h2-15H,1H3/t15-/m0/s1. The fourth-order valence-corrected chi connectivity index (χ4v) is 3.10. The van der Waals surface area contributed by atoms with Crippen LogP contribution in [-0.4, -0.2) is 15.7 Å². The number of hydrogen-bond acceptors (Lipinski definition) is 4. The molecular formula is C23H17FN2O3. The average molecular weight is 388 g/mol. The van der Waals surface area contributed by atoms with Crippen molar-refractivity contribution >= 4 is 16.7 Å². The van der Waals surface area contributed by atoms with Crippen molar-refractivity contribution in [3.8, 4) is 5.69 Å². The van der Waals surface area contributed by atoms with Gasteiger partial charge in [0.1, 0.15) is 11.9 Å². The Kier molecular flexibility index (Phi) is 4.91. The predicted molar refractivity (Wildman–Crippen MR) is 108 cm³/mol. The van der Waals surface area contributed by atoms with Crippen molar-refractivity contribution in [2.75, 3.05) is 0 Å². The monoisotopic (exact) mass is 388 g/mol. The fraction of sp³-hybridized carbons (Fsp3) is 0.0870. The zero-order valence-electron chi connectivity index (χ0n) is 15.6. The zero-order valence-corrected chi connectivity index (χ0v) is 15.6. The summed E-state index contributed by atoms with van der Waals surface area (Å²) >= 11 is 0. The third-order valence-corrected chi connectivity index (χ3v) is 4.62. The largest absolute Gasteiger partial charge is 0.453 e. The van der Waals surface area contributed by atoms with E-state index >= 15 is 0 Å². The van der Waals surface area contributed by atoms with E-state index in [4.69, 9.17) is 4.74 Å². The molecule has 0 amide bonds. The van der Waals surface area contributed by atoms with Crippen LogP contribution in [-0.2, 0) is 4.74 Å². The topological polar surface area (TPSA) is 61.2 Å². The first-order valence-corrected chi connectivity index (χ1v) is 9.08. The van der Waals surface area contributed by atoms with Gasteiger partial charge in [0, 0.05) is 5.39 Å². The van der Waals surface area contributed by atoms with E-state index in [2.05, 4.69) is 5.10 Å². The molecule has 0 aliphatic rings. The molecule has 0 radical (unpaired) electrons. The van der Waals surface area contributed by atoms with Gasteiger partial charge in [-0.25, -0.2) is 9.18 Å². The third-order valence-electron chi connectivity index (χ3n) is 4.62. The molecular weight excluding hydrogens is 371 g/mol. The van der Waals surface area contributed by atoms with E-state index in [1.165, 1.54) is 16.8 Å². The van der Waals surface area contributed by atoms with E-state index < -0.39 is 12.1 Å². The Hall–Kier alpha value is -3.80. The Morgan fingerprint density at radius 3 is 2.24 bits per heavy atom. The Balaban J connectivity index is 1.78. The number of halogens is 1. The molecule has 0 saturated heterocycles. The van der Waals surface area contributed by atoms with Crippen LogP contribution in [0.1, 0.15) is 29.1 Å². The minimum atomic E-state index is -0.664. The Bertz CT molecular complexity index is 1230. The lowest BCUT2D eigenvalue weighted by molar-refractivity contribution is 0.0331. The second-order valence-corrected chi connectivity index (χ2v) is 6.55. The first-order valence-electron chi connectivity index (χ1n) is 9.08.